The Kier molecular flexibility index (Phi) is 7.45. The average Bonchev–Trinajstić information content (AvgIpc) is 2.46. The molecule has 0 amide bonds. The van der Waals surface area contributed by atoms with Gasteiger partial charge in [-0.25, -0.2) is 0 Å². The van der Waals surface area contributed by atoms with Gasteiger partial charge in [-0.1, -0.05) is 12.1 Å². The van der Waals surface area contributed by atoms with Crippen molar-refractivity contribution in [1.29, 1.82) is 0 Å². The number of ether oxygens (including phenoxy) is 1. The molecule has 0 atom stereocenters. The fourth-order valence-corrected chi connectivity index (χ4v) is 2.66. The lowest BCUT2D eigenvalue weighted by Gasteiger charge is -2.34. The minimum absolute atomic E-state index is 0. The van der Waals surface area contributed by atoms with Crippen LogP contribution in [0.5, 0.6) is 0 Å². The van der Waals surface area contributed by atoms with Crippen molar-refractivity contribution in [1.82, 2.24) is 4.90 Å². The molecule has 114 valence electrons. The van der Waals surface area contributed by atoms with Gasteiger partial charge in [-0.2, -0.15) is 0 Å². The number of anilines is 2. The van der Waals surface area contributed by atoms with Crippen LogP contribution in [0.1, 0.15) is 0 Å². The lowest BCUT2D eigenvalue weighted by molar-refractivity contribution is 0.0392. The first-order valence-corrected chi connectivity index (χ1v) is 6.81. The predicted molar refractivity (Wildman–Crippen MR) is 88.9 cm³/mol. The third-order valence-corrected chi connectivity index (χ3v) is 3.73. The van der Waals surface area contributed by atoms with Crippen molar-refractivity contribution in [3.63, 3.8) is 0 Å². The van der Waals surface area contributed by atoms with E-state index in [1.807, 2.05) is 0 Å². The molecule has 0 unspecified atom stereocenters. The molecule has 0 saturated carbocycles. The first kappa shape index (κ1) is 17.4. The quantitative estimate of drug-likeness (QED) is 0.923. The van der Waals surface area contributed by atoms with Crippen molar-refractivity contribution >= 4 is 36.2 Å². The van der Waals surface area contributed by atoms with Crippen LogP contribution in [0.2, 0.25) is 0 Å². The largest absolute Gasteiger partial charge is 0.382 e. The topological polar surface area (TPSA) is 27.7 Å². The summed E-state index contributed by atoms with van der Waals surface area (Å²) in [7, 11) is 0. The van der Waals surface area contributed by atoms with Gasteiger partial charge in [0, 0.05) is 39.3 Å². The maximum atomic E-state index is 5.38. The fraction of sp³-hybridized carbons (Fsp3) is 0.571. The molecule has 2 aliphatic heterocycles. The molecule has 4 nitrogen and oxygen atoms in total. The van der Waals surface area contributed by atoms with E-state index in [2.05, 4.69) is 39.4 Å². The maximum Gasteiger partial charge on any atom is 0.0603 e. The first-order valence-electron chi connectivity index (χ1n) is 6.81. The molecule has 1 aromatic rings. The number of halogens is 2. The molecule has 3 rings (SSSR count). The zero-order chi connectivity index (χ0) is 12.2. The molecule has 0 radical (unpaired) electrons. The van der Waals surface area contributed by atoms with E-state index in [0.29, 0.717) is 0 Å². The molecule has 2 heterocycles. The Labute approximate surface area is 133 Å². The van der Waals surface area contributed by atoms with Crippen LogP contribution < -0.4 is 10.2 Å². The minimum atomic E-state index is 0. The van der Waals surface area contributed by atoms with Gasteiger partial charge in [0.05, 0.1) is 24.6 Å². The van der Waals surface area contributed by atoms with Crippen molar-refractivity contribution in [2.24, 2.45) is 0 Å². The summed E-state index contributed by atoms with van der Waals surface area (Å²) in [5.74, 6) is 0. The van der Waals surface area contributed by atoms with Crippen molar-refractivity contribution in [3.8, 4) is 0 Å². The molecule has 0 aromatic heterocycles. The molecular weight excluding hydrogens is 297 g/mol. The number of morpholine rings is 1. The highest BCUT2D eigenvalue weighted by Crippen LogP contribution is 2.27. The number of hydrogen-bond acceptors (Lipinski definition) is 4. The third kappa shape index (κ3) is 4.16. The third-order valence-electron chi connectivity index (χ3n) is 3.73. The van der Waals surface area contributed by atoms with Crippen LogP contribution in [-0.2, 0) is 4.74 Å². The number of hydrogen-bond donors (Lipinski definition) is 1. The van der Waals surface area contributed by atoms with Gasteiger partial charge in [-0.15, -0.1) is 24.8 Å². The zero-order valence-electron chi connectivity index (χ0n) is 11.6. The van der Waals surface area contributed by atoms with Crippen LogP contribution in [0.3, 0.4) is 0 Å². The summed E-state index contributed by atoms with van der Waals surface area (Å²) in [5, 5.41) is 3.46. The average molecular weight is 320 g/mol. The summed E-state index contributed by atoms with van der Waals surface area (Å²) in [4.78, 5) is 4.98. The van der Waals surface area contributed by atoms with Gasteiger partial charge in [-0.05, 0) is 12.1 Å². The first-order chi connectivity index (χ1) is 8.93. The van der Waals surface area contributed by atoms with Gasteiger partial charge in [0.15, 0.2) is 0 Å². The Bertz CT molecular complexity index is 400. The van der Waals surface area contributed by atoms with E-state index < -0.39 is 0 Å². The summed E-state index contributed by atoms with van der Waals surface area (Å²) < 4.78 is 5.38. The summed E-state index contributed by atoms with van der Waals surface area (Å²) in [6.07, 6.45) is 0. The van der Waals surface area contributed by atoms with Crippen molar-refractivity contribution in [2.45, 2.75) is 0 Å². The Morgan fingerprint density at radius 3 is 2.55 bits per heavy atom. The number of nitrogens with one attached hydrogen (secondary N) is 1. The lowest BCUT2D eigenvalue weighted by atomic mass is 10.2. The highest BCUT2D eigenvalue weighted by Gasteiger charge is 2.17. The van der Waals surface area contributed by atoms with E-state index in [-0.39, 0.29) is 24.8 Å². The van der Waals surface area contributed by atoms with E-state index in [4.69, 9.17) is 4.74 Å². The minimum Gasteiger partial charge on any atom is -0.382 e. The molecule has 2 aliphatic rings. The molecule has 1 N–H and O–H groups in total. The Balaban J connectivity index is 0.000001000. The van der Waals surface area contributed by atoms with E-state index in [1.54, 1.807) is 0 Å². The molecule has 20 heavy (non-hydrogen) atoms. The van der Waals surface area contributed by atoms with Crippen LogP contribution in [0.15, 0.2) is 24.3 Å². The van der Waals surface area contributed by atoms with Crippen LogP contribution >= 0.6 is 24.8 Å². The number of para-hydroxylation sites is 2. The summed E-state index contributed by atoms with van der Waals surface area (Å²) in [6.45, 7) is 8.32. The second-order valence-electron chi connectivity index (χ2n) is 4.88. The molecular formula is C14H23Cl2N3O. The Hall–Kier alpha value is -0.680. The molecule has 6 heteroatoms. The number of nitrogens with zero attached hydrogens (tertiary/aromatic N) is 2. The van der Waals surface area contributed by atoms with Gasteiger partial charge in [0.25, 0.3) is 0 Å². The van der Waals surface area contributed by atoms with Crippen LogP contribution in [-0.4, -0.2) is 57.4 Å². The SMILES string of the molecule is Cl.Cl.c1ccc2c(c1)NCCN2CCN1CCOCC1. The highest BCUT2D eigenvalue weighted by molar-refractivity contribution is 5.85. The van der Waals surface area contributed by atoms with Gasteiger partial charge in [-0.3, -0.25) is 4.90 Å². The summed E-state index contributed by atoms with van der Waals surface area (Å²) in [6, 6.07) is 8.59. The lowest BCUT2D eigenvalue weighted by Crippen LogP contribution is -2.43. The molecule has 1 saturated heterocycles. The van der Waals surface area contributed by atoms with E-state index in [1.165, 1.54) is 11.4 Å². The molecule has 1 fully saturated rings. The van der Waals surface area contributed by atoms with Crippen molar-refractivity contribution < 1.29 is 4.74 Å². The molecule has 0 bridgehead atoms. The second-order valence-corrected chi connectivity index (χ2v) is 4.88. The number of benzene rings is 1. The van der Waals surface area contributed by atoms with E-state index >= 15 is 0 Å². The Morgan fingerprint density at radius 1 is 1.00 bits per heavy atom. The molecule has 0 aliphatic carbocycles. The normalized spacial score (nSPS) is 18.3. The maximum absolute atomic E-state index is 5.38. The number of rotatable bonds is 3. The second kappa shape index (κ2) is 8.57. The Morgan fingerprint density at radius 2 is 1.75 bits per heavy atom. The standard InChI is InChI=1S/C14H21N3O.2ClH/c1-2-4-14-13(3-1)15-5-6-17(14)8-7-16-9-11-18-12-10-16;;/h1-4,15H,5-12H2;2*1H. The van der Waals surface area contributed by atoms with Gasteiger partial charge >= 0.3 is 0 Å². The smallest absolute Gasteiger partial charge is 0.0603 e. The highest BCUT2D eigenvalue weighted by atomic mass is 35.5. The molecule has 0 spiro atoms. The zero-order valence-corrected chi connectivity index (χ0v) is 13.2. The van der Waals surface area contributed by atoms with Crippen molar-refractivity contribution in [2.75, 3.05) is 62.7 Å². The monoisotopic (exact) mass is 319 g/mol. The van der Waals surface area contributed by atoms with Crippen molar-refractivity contribution in [3.05, 3.63) is 24.3 Å². The van der Waals surface area contributed by atoms with E-state index in [0.717, 1.165) is 52.5 Å². The van der Waals surface area contributed by atoms with Crippen LogP contribution in [0.25, 0.3) is 0 Å². The van der Waals surface area contributed by atoms with Crippen LogP contribution in [0.4, 0.5) is 11.4 Å². The van der Waals surface area contributed by atoms with Gasteiger partial charge in [0.2, 0.25) is 0 Å². The predicted octanol–water partition coefficient (Wildman–Crippen LogP) is 2.09. The number of fused-ring (bicyclic) bond motifs is 1. The summed E-state index contributed by atoms with van der Waals surface area (Å²) >= 11 is 0. The van der Waals surface area contributed by atoms with E-state index in [9.17, 15) is 0 Å². The fourth-order valence-electron chi connectivity index (χ4n) is 2.66. The molecule has 1 aromatic carbocycles. The summed E-state index contributed by atoms with van der Waals surface area (Å²) in [5.41, 5.74) is 2.61. The van der Waals surface area contributed by atoms with Gasteiger partial charge in [0.1, 0.15) is 0 Å². The van der Waals surface area contributed by atoms with Crippen LogP contribution in [0, 0.1) is 0 Å². The van der Waals surface area contributed by atoms with Gasteiger partial charge < -0.3 is 15.0 Å².